The molecule has 2 heteroatoms. The van der Waals surface area contributed by atoms with Gasteiger partial charge in [0.15, 0.2) is 6.29 Å². The predicted molar refractivity (Wildman–Crippen MR) is 61.5 cm³/mol. The molecule has 0 radical (unpaired) electrons. The van der Waals surface area contributed by atoms with Crippen molar-refractivity contribution in [2.24, 2.45) is 0 Å². The molecule has 0 aliphatic carbocycles. The summed E-state index contributed by atoms with van der Waals surface area (Å²) < 4.78 is 11.1. The van der Waals surface area contributed by atoms with E-state index < -0.39 is 0 Å². The number of rotatable bonds is 5. The third-order valence-electron chi connectivity index (χ3n) is 2.39. The highest BCUT2D eigenvalue weighted by Gasteiger charge is 2.12. The summed E-state index contributed by atoms with van der Waals surface area (Å²) in [5.41, 5.74) is 0. The van der Waals surface area contributed by atoms with Crippen LogP contribution in [0.15, 0.2) is 0 Å². The van der Waals surface area contributed by atoms with Crippen LogP contribution in [0.25, 0.3) is 0 Å². The van der Waals surface area contributed by atoms with Gasteiger partial charge in [0.25, 0.3) is 0 Å². The Balaban J connectivity index is 1.90. The van der Waals surface area contributed by atoms with Gasteiger partial charge in [-0.3, -0.25) is 0 Å². The molecule has 0 saturated carbocycles. The first kappa shape index (κ1) is 12.5. The molecule has 0 bridgehead atoms. The van der Waals surface area contributed by atoms with Gasteiger partial charge in [0.2, 0.25) is 0 Å². The van der Waals surface area contributed by atoms with Crippen LogP contribution in [0.4, 0.5) is 0 Å². The van der Waals surface area contributed by atoms with Gasteiger partial charge >= 0.3 is 0 Å². The molecular formula is C13H22O2. The molecule has 1 rings (SSSR count). The lowest BCUT2D eigenvalue weighted by Crippen LogP contribution is -2.22. The van der Waals surface area contributed by atoms with E-state index in [1.807, 2.05) is 0 Å². The van der Waals surface area contributed by atoms with E-state index in [-0.39, 0.29) is 6.29 Å². The summed E-state index contributed by atoms with van der Waals surface area (Å²) in [6.45, 7) is 3.80. The van der Waals surface area contributed by atoms with Crippen LogP contribution in [0.2, 0.25) is 0 Å². The SMILES string of the molecule is CCCC#CCCCOC1CCCCO1. The van der Waals surface area contributed by atoms with Crippen molar-refractivity contribution in [3.05, 3.63) is 0 Å². The topological polar surface area (TPSA) is 18.5 Å². The molecule has 0 aromatic heterocycles. The summed E-state index contributed by atoms with van der Waals surface area (Å²) in [4.78, 5) is 0. The summed E-state index contributed by atoms with van der Waals surface area (Å²) in [6.07, 6.45) is 7.68. The first-order valence-electron chi connectivity index (χ1n) is 6.12. The van der Waals surface area contributed by atoms with Crippen LogP contribution in [0.5, 0.6) is 0 Å². The maximum Gasteiger partial charge on any atom is 0.157 e. The van der Waals surface area contributed by atoms with E-state index in [1.165, 1.54) is 12.8 Å². The lowest BCUT2D eigenvalue weighted by atomic mass is 10.2. The normalized spacial score (nSPS) is 20.7. The van der Waals surface area contributed by atoms with Crippen molar-refractivity contribution >= 4 is 0 Å². The second kappa shape index (κ2) is 8.76. The van der Waals surface area contributed by atoms with Crippen LogP contribution in [0, 0.1) is 11.8 Å². The maximum atomic E-state index is 5.60. The minimum Gasteiger partial charge on any atom is -0.353 e. The van der Waals surface area contributed by atoms with E-state index in [0.717, 1.165) is 45.3 Å². The molecule has 86 valence electrons. The van der Waals surface area contributed by atoms with E-state index in [1.54, 1.807) is 0 Å². The third-order valence-corrected chi connectivity index (χ3v) is 2.39. The van der Waals surface area contributed by atoms with Crippen LogP contribution < -0.4 is 0 Å². The van der Waals surface area contributed by atoms with E-state index >= 15 is 0 Å². The fraction of sp³-hybridized carbons (Fsp3) is 0.846. The van der Waals surface area contributed by atoms with Crippen LogP contribution in [-0.2, 0) is 9.47 Å². The van der Waals surface area contributed by atoms with Gasteiger partial charge in [-0.05, 0) is 32.1 Å². The van der Waals surface area contributed by atoms with E-state index in [9.17, 15) is 0 Å². The highest BCUT2D eigenvalue weighted by atomic mass is 16.7. The summed E-state index contributed by atoms with van der Waals surface area (Å²) in [7, 11) is 0. The molecule has 0 N–H and O–H groups in total. The van der Waals surface area contributed by atoms with Crippen LogP contribution >= 0.6 is 0 Å². The van der Waals surface area contributed by atoms with Crippen molar-refractivity contribution in [3.8, 4) is 11.8 Å². The lowest BCUT2D eigenvalue weighted by Gasteiger charge is -2.22. The molecule has 2 nitrogen and oxygen atoms in total. The lowest BCUT2D eigenvalue weighted by molar-refractivity contribution is -0.162. The Morgan fingerprint density at radius 1 is 1.27 bits per heavy atom. The zero-order valence-electron chi connectivity index (χ0n) is 9.76. The molecule has 0 amide bonds. The number of ether oxygens (including phenoxy) is 2. The van der Waals surface area contributed by atoms with Crippen molar-refractivity contribution in [1.29, 1.82) is 0 Å². The number of unbranched alkanes of at least 4 members (excludes halogenated alkanes) is 2. The van der Waals surface area contributed by atoms with Crippen molar-refractivity contribution in [3.63, 3.8) is 0 Å². The Kier molecular flexibility index (Phi) is 7.33. The fourth-order valence-corrected chi connectivity index (χ4v) is 1.52. The molecule has 1 saturated heterocycles. The standard InChI is InChI=1S/C13H22O2/c1-2-3-4-5-6-8-11-14-13-10-7-9-12-15-13/h13H,2-3,6-12H2,1H3. The molecule has 1 unspecified atom stereocenters. The summed E-state index contributed by atoms with van der Waals surface area (Å²) >= 11 is 0. The summed E-state index contributed by atoms with van der Waals surface area (Å²) in [5.74, 6) is 6.29. The van der Waals surface area contributed by atoms with Crippen LogP contribution in [0.1, 0.15) is 51.9 Å². The highest BCUT2D eigenvalue weighted by molar-refractivity contribution is 4.98. The second-order valence-electron chi connectivity index (χ2n) is 3.87. The van der Waals surface area contributed by atoms with E-state index in [0.29, 0.717) is 0 Å². The Bertz CT molecular complexity index is 196. The zero-order chi connectivity index (χ0) is 10.8. The minimum atomic E-state index is 0.0577. The quantitative estimate of drug-likeness (QED) is 0.513. The van der Waals surface area contributed by atoms with Gasteiger partial charge in [-0.2, -0.15) is 0 Å². The fourth-order valence-electron chi connectivity index (χ4n) is 1.52. The van der Waals surface area contributed by atoms with Crippen LogP contribution in [-0.4, -0.2) is 19.5 Å². The summed E-state index contributed by atoms with van der Waals surface area (Å²) in [5, 5.41) is 0. The molecule has 1 atom stereocenters. The molecule has 0 aromatic carbocycles. The molecule has 1 aliphatic heterocycles. The Morgan fingerprint density at radius 2 is 2.13 bits per heavy atom. The average Bonchev–Trinajstić information content (AvgIpc) is 2.29. The molecular weight excluding hydrogens is 188 g/mol. The highest BCUT2D eigenvalue weighted by Crippen LogP contribution is 2.13. The monoisotopic (exact) mass is 210 g/mol. The van der Waals surface area contributed by atoms with Gasteiger partial charge in [-0.25, -0.2) is 0 Å². The molecule has 15 heavy (non-hydrogen) atoms. The van der Waals surface area contributed by atoms with Gasteiger partial charge < -0.3 is 9.47 Å². The largest absolute Gasteiger partial charge is 0.353 e. The molecule has 1 aliphatic rings. The minimum absolute atomic E-state index is 0.0577. The van der Waals surface area contributed by atoms with Crippen molar-refractivity contribution in [2.45, 2.75) is 58.2 Å². The number of hydrogen-bond donors (Lipinski definition) is 0. The second-order valence-corrected chi connectivity index (χ2v) is 3.87. The molecule has 0 spiro atoms. The van der Waals surface area contributed by atoms with Gasteiger partial charge in [0.05, 0.1) is 6.61 Å². The first-order chi connectivity index (χ1) is 7.43. The molecule has 0 aromatic rings. The zero-order valence-corrected chi connectivity index (χ0v) is 9.76. The van der Waals surface area contributed by atoms with Gasteiger partial charge in [0, 0.05) is 19.4 Å². The van der Waals surface area contributed by atoms with Gasteiger partial charge in [-0.15, -0.1) is 11.8 Å². The van der Waals surface area contributed by atoms with Crippen molar-refractivity contribution in [1.82, 2.24) is 0 Å². The van der Waals surface area contributed by atoms with E-state index in [4.69, 9.17) is 9.47 Å². The molecule has 1 heterocycles. The predicted octanol–water partition coefficient (Wildman–Crippen LogP) is 3.11. The third kappa shape index (κ3) is 6.54. The number of hydrogen-bond acceptors (Lipinski definition) is 2. The van der Waals surface area contributed by atoms with Crippen LogP contribution in [0.3, 0.4) is 0 Å². The van der Waals surface area contributed by atoms with Gasteiger partial charge in [0.1, 0.15) is 0 Å². The van der Waals surface area contributed by atoms with Gasteiger partial charge in [-0.1, -0.05) is 6.92 Å². The van der Waals surface area contributed by atoms with Crippen molar-refractivity contribution < 1.29 is 9.47 Å². The first-order valence-corrected chi connectivity index (χ1v) is 6.12. The maximum absolute atomic E-state index is 5.60. The van der Waals surface area contributed by atoms with E-state index in [2.05, 4.69) is 18.8 Å². The Hall–Kier alpha value is -0.520. The smallest absolute Gasteiger partial charge is 0.157 e. The average molecular weight is 210 g/mol. The van der Waals surface area contributed by atoms with Crippen molar-refractivity contribution in [2.75, 3.05) is 13.2 Å². The Labute approximate surface area is 93.3 Å². The molecule has 1 fully saturated rings. The Morgan fingerprint density at radius 3 is 2.87 bits per heavy atom. The summed E-state index contributed by atoms with van der Waals surface area (Å²) in [6, 6.07) is 0.